The fourth-order valence-corrected chi connectivity index (χ4v) is 3.11. The number of fused-ring (bicyclic) bond motifs is 1. The molecule has 1 aliphatic rings. The summed E-state index contributed by atoms with van der Waals surface area (Å²) in [4.78, 5) is 30.8. The number of carbonyl (C=O) groups excluding carboxylic acids is 1. The Morgan fingerprint density at radius 1 is 1.26 bits per heavy atom. The van der Waals surface area contributed by atoms with Crippen LogP contribution in [0.1, 0.15) is 28.2 Å². The molecule has 0 bridgehead atoms. The highest BCUT2D eigenvalue weighted by atomic mass is 16.5. The Balaban J connectivity index is 1.57. The molecule has 1 aliphatic heterocycles. The van der Waals surface area contributed by atoms with Gasteiger partial charge in [0.05, 0.1) is 11.4 Å². The minimum atomic E-state index is -0.559. The van der Waals surface area contributed by atoms with Gasteiger partial charge >= 0.3 is 0 Å². The maximum Gasteiger partial charge on any atom is 0.274 e. The second-order valence-corrected chi connectivity index (χ2v) is 6.21. The summed E-state index contributed by atoms with van der Waals surface area (Å²) in [7, 11) is 0. The number of imidazole rings is 1. The number of hydroxylamine groups is 1. The number of H-pyrrole nitrogens is 1. The lowest BCUT2D eigenvalue weighted by Crippen LogP contribution is -2.18. The van der Waals surface area contributed by atoms with Gasteiger partial charge in [-0.1, -0.05) is 0 Å². The summed E-state index contributed by atoms with van der Waals surface area (Å²) in [5.41, 5.74) is 6.09. The molecule has 0 saturated heterocycles. The first-order valence-electron chi connectivity index (χ1n) is 8.36. The van der Waals surface area contributed by atoms with Crippen LogP contribution in [-0.2, 0) is 0 Å². The Morgan fingerprint density at radius 3 is 2.78 bits per heavy atom. The van der Waals surface area contributed by atoms with Crippen molar-refractivity contribution in [3.05, 3.63) is 75.8 Å². The summed E-state index contributed by atoms with van der Waals surface area (Å²) in [5, 5.41) is 11.9. The summed E-state index contributed by atoms with van der Waals surface area (Å²) >= 11 is 0. The number of benzene rings is 1. The van der Waals surface area contributed by atoms with Crippen LogP contribution in [0.2, 0.25) is 0 Å². The summed E-state index contributed by atoms with van der Waals surface area (Å²) < 4.78 is 1.91. The molecule has 3 aromatic rings. The van der Waals surface area contributed by atoms with Gasteiger partial charge < -0.3 is 10.3 Å². The number of nitrogens with zero attached hydrogens (tertiary/aromatic N) is 2. The smallest absolute Gasteiger partial charge is 0.274 e. The highest BCUT2D eigenvalue weighted by Gasteiger charge is 2.17. The number of pyridine rings is 1. The largest absolute Gasteiger partial charge is 0.343 e. The molecule has 0 radical (unpaired) electrons. The van der Waals surface area contributed by atoms with Crippen LogP contribution in [0.15, 0.2) is 58.5 Å². The molecule has 2 aromatic heterocycles. The second kappa shape index (κ2) is 6.58. The number of hydrogen-bond acceptors (Lipinski definition) is 5. The van der Waals surface area contributed by atoms with Gasteiger partial charge in [-0.25, -0.2) is 10.5 Å². The summed E-state index contributed by atoms with van der Waals surface area (Å²) in [6.45, 7) is 1.94. The van der Waals surface area contributed by atoms with E-state index >= 15 is 0 Å². The van der Waals surface area contributed by atoms with Crippen molar-refractivity contribution in [2.24, 2.45) is 4.99 Å². The fraction of sp³-hybridized carbons (Fsp3) is 0.105. The summed E-state index contributed by atoms with van der Waals surface area (Å²) in [5.74, 6) is 0.218. The van der Waals surface area contributed by atoms with Gasteiger partial charge in [0, 0.05) is 41.7 Å². The second-order valence-electron chi connectivity index (χ2n) is 6.21. The number of carbonyl (C=O) groups is 1. The average Bonchev–Trinajstić information content (AvgIpc) is 3.24. The molecule has 1 amide bonds. The van der Waals surface area contributed by atoms with E-state index in [4.69, 9.17) is 5.21 Å². The Bertz CT molecular complexity index is 1150. The maximum absolute atomic E-state index is 11.5. The molecule has 8 nitrogen and oxygen atoms in total. The number of rotatable bonds is 3. The monoisotopic (exact) mass is 363 g/mol. The number of aromatic nitrogens is 2. The zero-order valence-corrected chi connectivity index (χ0v) is 14.5. The van der Waals surface area contributed by atoms with Crippen LogP contribution in [0.3, 0.4) is 0 Å². The molecule has 0 aliphatic carbocycles. The molecule has 3 heterocycles. The zero-order valence-electron chi connectivity index (χ0n) is 14.5. The third kappa shape index (κ3) is 3.13. The van der Waals surface area contributed by atoms with Crippen molar-refractivity contribution in [1.29, 1.82) is 0 Å². The number of amides is 1. The van der Waals surface area contributed by atoms with E-state index < -0.39 is 5.91 Å². The Hall–Kier alpha value is -3.65. The third-order valence-corrected chi connectivity index (χ3v) is 4.36. The maximum atomic E-state index is 11.5. The minimum absolute atomic E-state index is 0.0487. The van der Waals surface area contributed by atoms with Gasteiger partial charge in [-0.15, -0.1) is 0 Å². The van der Waals surface area contributed by atoms with E-state index in [2.05, 4.69) is 15.3 Å². The van der Waals surface area contributed by atoms with E-state index in [9.17, 15) is 9.59 Å². The van der Waals surface area contributed by atoms with Gasteiger partial charge in [0.1, 0.15) is 11.5 Å². The predicted molar refractivity (Wildman–Crippen MR) is 102 cm³/mol. The number of aromatic amines is 1. The van der Waals surface area contributed by atoms with Crippen molar-refractivity contribution < 1.29 is 10.0 Å². The topological polar surface area (TPSA) is 111 Å². The number of aryl methyl sites for hydroxylation is 1. The van der Waals surface area contributed by atoms with Crippen molar-refractivity contribution in [3.8, 4) is 0 Å². The van der Waals surface area contributed by atoms with Crippen LogP contribution in [0.4, 0.5) is 5.69 Å². The zero-order chi connectivity index (χ0) is 19.0. The first kappa shape index (κ1) is 16.8. The number of aliphatic imine (C=N–C) groups is 1. The minimum Gasteiger partial charge on any atom is -0.343 e. The molecule has 4 rings (SSSR count). The molecular formula is C19H17N5O3. The quantitative estimate of drug-likeness (QED) is 0.423. The van der Waals surface area contributed by atoms with Gasteiger partial charge in [0.15, 0.2) is 5.43 Å². The van der Waals surface area contributed by atoms with Crippen LogP contribution >= 0.6 is 0 Å². The van der Waals surface area contributed by atoms with Crippen LogP contribution in [0.25, 0.3) is 11.3 Å². The molecule has 8 heteroatoms. The van der Waals surface area contributed by atoms with Crippen LogP contribution in [0.5, 0.6) is 0 Å². The van der Waals surface area contributed by atoms with Gasteiger partial charge in [0.2, 0.25) is 0 Å². The van der Waals surface area contributed by atoms with E-state index in [0.29, 0.717) is 12.0 Å². The molecular weight excluding hydrogens is 346 g/mol. The Kier molecular flexibility index (Phi) is 4.09. The lowest BCUT2D eigenvalue weighted by Gasteiger charge is -2.06. The molecule has 0 saturated carbocycles. The lowest BCUT2D eigenvalue weighted by molar-refractivity contribution is 0.0706. The number of amidine groups is 1. The van der Waals surface area contributed by atoms with E-state index in [1.807, 2.05) is 17.4 Å². The molecule has 136 valence electrons. The third-order valence-electron chi connectivity index (χ3n) is 4.36. The highest BCUT2D eigenvalue weighted by Crippen LogP contribution is 2.26. The van der Waals surface area contributed by atoms with Crippen LogP contribution in [-0.4, -0.2) is 26.3 Å². The summed E-state index contributed by atoms with van der Waals surface area (Å²) in [6, 6.07) is 9.78. The van der Waals surface area contributed by atoms with Gasteiger partial charge in [-0.05, 0) is 37.3 Å². The van der Waals surface area contributed by atoms with Crippen LogP contribution < -0.4 is 16.2 Å². The standard InChI is InChI=1S/C19H17N5O3/c1-11-18(24-9-8-14(25)10-17(24)20-11)15-6-7-16(22-15)21-13-4-2-12(3-5-13)19(26)23-27/h2-6,8-10,20,27H,7H2,1H3,(H,21,22)(H,23,26). The number of anilines is 1. The van der Waals surface area contributed by atoms with Crippen molar-refractivity contribution >= 4 is 28.8 Å². The fourth-order valence-electron chi connectivity index (χ4n) is 3.11. The van der Waals surface area contributed by atoms with Gasteiger partial charge in [0.25, 0.3) is 5.91 Å². The van der Waals surface area contributed by atoms with E-state index in [-0.39, 0.29) is 5.43 Å². The van der Waals surface area contributed by atoms with Crippen LogP contribution in [0, 0.1) is 6.92 Å². The predicted octanol–water partition coefficient (Wildman–Crippen LogP) is 2.31. The molecule has 4 N–H and O–H groups in total. The average molecular weight is 363 g/mol. The first-order chi connectivity index (χ1) is 13.0. The highest BCUT2D eigenvalue weighted by molar-refractivity contribution is 6.03. The molecule has 0 atom stereocenters. The van der Waals surface area contributed by atoms with Crippen molar-refractivity contribution in [2.45, 2.75) is 13.3 Å². The summed E-state index contributed by atoms with van der Waals surface area (Å²) in [6.07, 6.45) is 4.40. The van der Waals surface area contributed by atoms with Crippen molar-refractivity contribution in [1.82, 2.24) is 14.9 Å². The van der Waals surface area contributed by atoms with Gasteiger partial charge in [-0.2, -0.15) is 0 Å². The molecule has 27 heavy (non-hydrogen) atoms. The Morgan fingerprint density at radius 2 is 2.04 bits per heavy atom. The van der Waals surface area contributed by atoms with Crippen molar-refractivity contribution in [2.75, 3.05) is 5.32 Å². The molecule has 1 aromatic carbocycles. The first-order valence-corrected chi connectivity index (χ1v) is 8.36. The van der Waals surface area contributed by atoms with E-state index in [1.54, 1.807) is 42.0 Å². The van der Waals surface area contributed by atoms with E-state index in [1.165, 1.54) is 6.07 Å². The molecule has 0 spiro atoms. The molecule has 0 unspecified atom stereocenters. The Labute approximate surface area is 153 Å². The molecule has 0 fully saturated rings. The SMILES string of the molecule is Cc1[nH]c2cc(=O)ccn2c1C1=CCC(Nc2ccc(C(=O)NO)cc2)=N1. The van der Waals surface area contributed by atoms with Gasteiger partial charge in [-0.3, -0.25) is 19.2 Å². The van der Waals surface area contributed by atoms with E-state index in [0.717, 1.165) is 34.3 Å². The lowest BCUT2D eigenvalue weighted by atomic mass is 10.2. The normalized spacial score (nSPS) is 13.4. The number of nitrogens with one attached hydrogen (secondary N) is 3. The number of hydrogen-bond donors (Lipinski definition) is 4. The van der Waals surface area contributed by atoms with Crippen molar-refractivity contribution in [3.63, 3.8) is 0 Å².